The number of esters is 1. The van der Waals surface area contributed by atoms with Crippen LogP contribution in [0.25, 0.3) is 16.6 Å². The summed E-state index contributed by atoms with van der Waals surface area (Å²) in [6, 6.07) is 12.7. The SMILES string of the molecule is COC(=O)CCCCN1C(=O)[C@@]2(O[C@@H](CCn3cc(CCO)nn3)[C@H]([Si](C)(C)F)[C@H]2C)c2cc(-n3[nH]c4ccccc4c3=O)ccc21. The van der Waals surface area contributed by atoms with Crippen LogP contribution in [0, 0.1) is 5.92 Å². The lowest BCUT2D eigenvalue weighted by Gasteiger charge is -2.31. The van der Waals surface area contributed by atoms with Crippen molar-refractivity contribution in [2.45, 2.75) is 75.9 Å². The van der Waals surface area contributed by atoms with Gasteiger partial charge in [-0.2, -0.15) is 0 Å². The summed E-state index contributed by atoms with van der Waals surface area (Å²) in [5.41, 5.74) is 0.916. The summed E-state index contributed by atoms with van der Waals surface area (Å²) in [5.74, 6) is -1.09. The number of hydrogen-bond acceptors (Lipinski definition) is 8. The molecule has 0 unspecified atom stereocenters. The number of aliphatic hydroxyl groups is 1. The molecule has 1 fully saturated rings. The van der Waals surface area contributed by atoms with Crippen LogP contribution in [0.5, 0.6) is 0 Å². The Morgan fingerprint density at radius 1 is 1.17 bits per heavy atom. The Morgan fingerprint density at radius 3 is 2.68 bits per heavy atom. The number of carbonyl (C=O) groups is 2. The molecule has 1 amide bonds. The molecule has 1 spiro atoms. The molecule has 2 aromatic carbocycles. The quantitative estimate of drug-likeness (QED) is 0.100. The van der Waals surface area contributed by atoms with E-state index in [1.807, 2.05) is 31.2 Å². The van der Waals surface area contributed by atoms with Gasteiger partial charge in [-0.25, -0.2) is 4.68 Å². The predicted molar refractivity (Wildman–Crippen MR) is 176 cm³/mol. The number of carbonyl (C=O) groups excluding carboxylic acids is 2. The molecule has 12 nitrogen and oxygen atoms in total. The molecule has 2 aliphatic heterocycles. The van der Waals surface area contributed by atoms with E-state index >= 15 is 4.11 Å². The normalized spacial score (nSPS) is 22.5. The molecule has 4 heterocycles. The maximum atomic E-state index is 16.3. The van der Waals surface area contributed by atoms with Gasteiger partial charge in [0, 0.05) is 55.8 Å². The van der Waals surface area contributed by atoms with Crippen molar-refractivity contribution in [3.05, 3.63) is 70.3 Å². The summed E-state index contributed by atoms with van der Waals surface area (Å²) in [6.45, 7) is 5.91. The van der Waals surface area contributed by atoms with Gasteiger partial charge in [0.25, 0.3) is 11.5 Å². The maximum absolute atomic E-state index is 16.3. The van der Waals surface area contributed by atoms with E-state index < -0.39 is 31.6 Å². The lowest BCUT2D eigenvalue weighted by Crippen LogP contribution is -2.45. The van der Waals surface area contributed by atoms with E-state index in [2.05, 4.69) is 15.4 Å². The van der Waals surface area contributed by atoms with E-state index in [-0.39, 0.29) is 30.5 Å². The number of aromatic amines is 1. The van der Waals surface area contributed by atoms with Crippen LogP contribution in [0.1, 0.15) is 43.9 Å². The van der Waals surface area contributed by atoms with Gasteiger partial charge in [-0.3, -0.25) is 24.2 Å². The number of anilines is 1. The van der Waals surface area contributed by atoms with Crippen molar-refractivity contribution in [1.29, 1.82) is 0 Å². The molecule has 250 valence electrons. The Morgan fingerprint density at radius 2 is 1.96 bits per heavy atom. The zero-order chi connectivity index (χ0) is 33.5. The Hall–Kier alpha value is -4.14. The maximum Gasteiger partial charge on any atom is 0.305 e. The molecule has 0 saturated carbocycles. The number of methoxy groups -OCH3 is 1. The second-order valence-electron chi connectivity index (χ2n) is 13.0. The third kappa shape index (κ3) is 5.82. The number of rotatable bonds is 12. The fourth-order valence-corrected chi connectivity index (χ4v) is 10.0. The first-order chi connectivity index (χ1) is 22.5. The van der Waals surface area contributed by atoms with Crippen molar-refractivity contribution in [1.82, 2.24) is 24.8 Å². The van der Waals surface area contributed by atoms with E-state index in [0.717, 1.165) is 0 Å². The molecule has 4 atom stereocenters. The summed E-state index contributed by atoms with van der Waals surface area (Å²) in [5, 5.41) is 21.2. The number of amides is 1. The molecular weight excluding hydrogens is 623 g/mol. The number of H-pyrrole nitrogens is 1. The van der Waals surface area contributed by atoms with Crippen molar-refractivity contribution in [3.8, 4) is 5.69 Å². The summed E-state index contributed by atoms with van der Waals surface area (Å²) >= 11 is 0. The summed E-state index contributed by atoms with van der Waals surface area (Å²) < 4.78 is 31.1. The second-order valence-corrected chi connectivity index (χ2v) is 16.8. The first-order valence-corrected chi connectivity index (χ1v) is 19.0. The number of benzene rings is 2. The summed E-state index contributed by atoms with van der Waals surface area (Å²) in [6.07, 6.45) is 3.28. The van der Waals surface area contributed by atoms with Crippen molar-refractivity contribution in [2.75, 3.05) is 25.2 Å². The van der Waals surface area contributed by atoms with Crippen LogP contribution in [0.2, 0.25) is 18.6 Å². The van der Waals surface area contributed by atoms with Crippen LogP contribution in [0.3, 0.4) is 0 Å². The minimum atomic E-state index is -3.41. The lowest BCUT2D eigenvalue weighted by atomic mass is 9.82. The van der Waals surface area contributed by atoms with Gasteiger partial charge in [0.1, 0.15) is 0 Å². The zero-order valence-corrected chi connectivity index (χ0v) is 28.1. The number of aliphatic hydroxyl groups excluding tert-OH is 1. The van der Waals surface area contributed by atoms with Crippen molar-refractivity contribution in [3.63, 3.8) is 0 Å². The monoisotopic (exact) mass is 664 g/mol. The Labute approximate surface area is 272 Å². The molecule has 4 aromatic rings. The number of ether oxygens (including phenoxy) is 2. The van der Waals surface area contributed by atoms with Gasteiger partial charge in [-0.1, -0.05) is 24.3 Å². The fraction of sp³-hybridized carbons (Fsp3) is 0.485. The number of para-hydroxylation sites is 1. The van der Waals surface area contributed by atoms with E-state index in [4.69, 9.17) is 9.47 Å². The number of nitrogens with one attached hydrogen (secondary N) is 1. The Balaban J connectivity index is 1.40. The molecule has 0 aliphatic carbocycles. The largest absolute Gasteiger partial charge is 0.469 e. The number of aromatic nitrogens is 5. The average molecular weight is 665 g/mol. The minimum Gasteiger partial charge on any atom is -0.469 e. The van der Waals surface area contributed by atoms with Gasteiger partial charge < -0.3 is 23.6 Å². The summed E-state index contributed by atoms with van der Waals surface area (Å²) in [7, 11) is -2.06. The third-order valence-electron chi connectivity index (χ3n) is 9.63. The summed E-state index contributed by atoms with van der Waals surface area (Å²) in [4.78, 5) is 41.5. The van der Waals surface area contributed by atoms with Crippen LogP contribution in [0.4, 0.5) is 9.80 Å². The van der Waals surface area contributed by atoms with Gasteiger partial charge in [0.2, 0.25) is 8.41 Å². The molecule has 0 bridgehead atoms. The molecule has 2 N–H and O–H groups in total. The van der Waals surface area contributed by atoms with Crippen molar-refractivity contribution >= 4 is 36.9 Å². The van der Waals surface area contributed by atoms with Crippen LogP contribution >= 0.6 is 0 Å². The zero-order valence-electron chi connectivity index (χ0n) is 27.1. The molecule has 47 heavy (non-hydrogen) atoms. The number of unbranched alkanes of at least 4 members (excludes halogenated alkanes) is 1. The van der Waals surface area contributed by atoms with Crippen molar-refractivity contribution < 1.29 is 28.3 Å². The molecule has 6 rings (SSSR count). The highest BCUT2D eigenvalue weighted by molar-refractivity contribution is 6.72. The molecule has 0 radical (unpaired) electrons. The third-order valence-corrected chi connectivity index (χ3v) is 12.1. The van der Waals surface area contributed by atoms with E-state index in [1.165, 1.54) is 11.8 Å². The number of aryl methyl sites for hydroxylation is 1. The fourth-order valence-electron chi connectivity index (χ4n) is 7.48. The van der Waals surface area contributed by atoms with Gasteiger partial charge in [-0.15, -0.1) is 5.10 Å². The Bertz CT molecular complexity index is 1850. The highest BCUT2D eigenvalue weighted by Crippen LogP contribution is 2.60. The van der Waals surface area contributed by atoms with Crippen LogP contribution < -0.4 is 10.5 Å². The molecule has 14 heteroatoms. The number of fused-ring (bicyclic) bond motifs is 3. The predicted octanol–water partition coefficient (Wildman–Crippen LogP) is 4.00. The van der Waals surface area contributed by atoms with Gasteiger partial charge >= 0.3 is 5.97 Å². The smallest absolute Gasteiger partial charge is 0.305 e. The minimum absolute atomic E-state index is 0.0402. The van der Waals surface area contributed by atoms with Crippen molar-refractivity contribution in [2.24, 2.45) is 5.92 Å². The number of halogens is 1. The van der Waals surface area contributed by atoms with Crippen LogP contribution in [0.15, 0.2) is 53.5 Å². The molecule has 1 saturated heterocycles. The molecule has 2 aliphatic rings. The lowest BCUT2D eigenvalue weighted by molar-refractivity contribution is -0.146. The number of nitrogens with zero attached hydrogens (tertiary/aromatic N) is 5. The first-order valence-electron chi connectivity index (χ1n) is 16.1. The van der Waals surface area contributed by atoms with Gasteiger partial charge in [0.05, 0.1) is 41.2 Å². The average Bonchev–Trinajstić information content (AvgIpc) is 3.78. The standard InChI is InChI=1S/C33H41FN6O6Si/c1-21-30(47(3,4)34)28(14-17-38-20-22(15-18-41)35-37-38)46-33(21)25-19-23(40-31(43)24-9-5-6-10-26(24)36-40)12-13-27(25)39(32(33)44)16-8-7-11-29(42)45-2/h5-6,9-10,12-13,19-21,28,30,36,41H,7-8,11,14-18H2,1-4H3/t21-,28+,30-,33+/m1/s1. The topological polar surface area (TPSA) is 145 Å². The van der Waals surface area contributed by atoms with Gasteiger partial charge in [-0.05, 0) is 62.7 Å². The number of hydrogen-bond donors (Lipinski definition) is 2. The van der Waals surface area contributed by atoms with E-state index in [9.17, 15) is 19.5 Å². The first kappa shape index (κ1) is 32.8. The second kappa shape index (κ2) is 12.8. The van der Waals surface area contributed by atoms with Crippen LogP contribution in [-0.2, 0) is 37.6 Å². The van der Waals surface area contributed by atoms with Gasteiger partial charge in [0.15, 0.2) is 5.60 Å². The highest BCUT2D eigenvalue weighted by atomic mass is 28.4. The molecule has 2 aromatic heterocycles. The van der Waals surface area contributed by atoms with E-state index in [0.29, 0.717) is 72.3 Å². The van der Waals surface area contributed by atoms with E-state index in [1.54, 1.807) is 47.1 Å². The highest BCUT2D eigenvalue weighted by Gasteiger charge is 2.66. The molecular formula is C33H41FN6O6Si. The van der Waals surface area contributed by atoms with Crippen LogP contribution in [-0.4, -0.2) is 76.5 Å². The Kier molecular flexibility index (Phi) is 8.93.